The molecule has 0 aliphatic heterocycles. The van der Waals surface area contributed by atoms with Crippen LogP contribution < -0.4 is 0 Å². The fourth-order valence-corrected chi connectivity index (χ4v) is 1.17. The molecule has 0 rings (SSSR count). The van der Waals surface area contributed by atoms with Crippen molar-refractivity contribution in [2.75, 3.05) is 6.61 Å². The van der Waals surface area contributed by atoms with Crippen molar-refractivity contribution in [1.29, 1.82) is 0 Å². The van der Waals surface area contributed by atoms with Crippen LogP contribution in [0.3, 0.4) is 0 Å². The van der Waals surface area contributed by atoms with E-state index in [1.807, 2.05) is 13.8 Å². The maximum Gasteiger partial charge on any atom is 0.161 e. The van der Waals surface area contributed by atoms with Crippen LogP contribution in [0.25, 0.3) is 0 Å². The monoisotopic (exact) mass is 172 g/mol. The molecule has 2 unspecified atom stereocenters. The van der Waals surface area contributed by atoms with E-state index in [0.29, 0.717) is 18.9 Å². The van der Waals surface area contributed by atoms with Crippen molar-refractivity contribution in [1.82, 2.24) is 0 Å². The summed E-state index contributed by atoms with van der Waals surface area (Å²) < 4.78 is 5.40. The highest BCUT2D eigenvalue weighted by molar-refractivity contribution is 5.83. The van der Waals surface area contributed by atoms with E-state index in [-0.39, 0.29) is 11.9 Å². The molecule has 0 aliphatic rings. The number of ether oxygens (including phenoxy) is 1. The Morgan fingerprint density at radius 2 is 1.92 bits per heavy atom. The molecule has 0 radical (unpaired) electrons. The van der Waals surface area contributed by atoms with Crippen molar-refractivity contribution in [2.45, 2.75) is 46.6 Å². The lowest BCUT2D eigenvalue weighted by Crippen LogP contribution is -2.30. The van der Waals surface area contributed by atoms with Crippen molar-refractivity contribution in [2.24, 2.45) is 5.92 Å². The van der Waals surface area contributed by atoms with Gasteiger partial charge in [-0.25, -0.2) is 0 Å². The molecular weight excluding hydrogens is 152 g/mol. The molecule has 0 aromatic rings. The van der Waals surface area contributed by atoms with E-state index in [2.05, 4.69) is 13.8 Å². The van der Waals surface area contributed by atoms with Crippen molar-refractivity contribution in [3.63, 3.8) is 0 Å². The van der Waals surface area contributed by atoms with E-state index in [1.165, 1.54) is 0 Å². The van der Waals surface area contributed by atoms with Gasteiger partial charge in [-0.3, -0.25) is 4.79 Å². The van der Waals surface area contributed by atoms with Crippen LogP contribution in [0.1, 0.15) is 40.5 Å². The molecule has 2 nitrogen and oxygen atoms in total. The lowest BCUT2D eigenvalue weighted by molar-refractivity contribution is -0.133. The number of ketones is 1. The molecule has 0 N–H and O–H groups in total. The molecular formula is C10H20O2. The highest BCUT2D eigenvalue weighted by Gasteiger charge is 2.22. The molecule has 0 fully saturated rings. The Bertz CT molecular complexity index is 132. The number of hydrogen-bond acceptors (Lipinski definition) is 2. The Labute approximate surface area is 75.3 Å². The van der Waals surface area contributed by atoms with E-state index in [4.69, 9.17) is 4.74 Å². The van der Waals surface area contributed by atoms with Crippen LogP contribution in [-0.2, 0) is 9.53 Å². The second kappa shape index (κ2) is 6.18. The summed E-state index contributed by atoms with van der Waals surface area (Å²) in [6.07, 6.45) is 1.40. The average molecular weight is 172 g/mol. The molecule has 0 saturated heterocycles. The van der Waals surface area contributed by atoms with Crippen LogP contribution in [0.2, 0.25) is 0 Å². The summed E-state index contributed by atoms with van der Waals surface area (Å²) in [6, 6.07) is 0. The fraction of sp³-hybridized carbons (Fsp3) is 0.900. The molecule has 0 aromatic heterocycles. The summed E-state index contributed by atoms with van der Waals surface area (Å²) >= 11 is 0. The molecule has 2 atom stereocenters. The topological polar surface area (TPSA) is 26.3 Å². The summed E-state index contributed by atoms with van der Waals surface area (Å²) in [4.78, 5) is 11.4. The quantitative estimate of drug-likeness (QED) is 0.615. The molecule has 2 heteroatoms. The van der Waals surface area contributed by atoms with Gasteiger partial charge in [-0.15, -0.1) is 0 Å². The maximum atomic E-state index is 11.4. The third kappa shape index (κ3) is 3.35. The predicted molar refractivity (Wildman–Crippen MR) is 50.2 cm³/mol. The van der Waals surface area contributed by atoms with Crippen molar-refractivity contribution >= 4 is 5.78 Å². The van der Waals surface area contributed by atoms with Gasteiger partial charge in [-0.05, 0) is 12.8 Å². The smallest absolute Gasteiger partial charge is 0.161 e. The van der Waals surface area contributed by atoms with Gasteiger partial charge in [-0.2, -0.15) is 0 Å². The fourth-order valence-electron chi connectivity index (χ4n) is 1.17. The van der Waals surface area contributed by atoms with Gasteiger partial charge in [0.05, 0.1) is 0 Å². The van der Waals surface area contributed by atoms with Gasteiger partial charge in [0, 0.05) is 13.0 Å². The highest BCUT2D eigenvalue weighted by Crippen LogP contribution is 2.13. The molecule has 72 valence electrons. The molecule has 0 saturated carbocycles. The van der Waals surface area contributed by atoms with Crippen molar-refractivity contribution in [3.05, 3.63) is 0 Å². The average Bonchev–Trinajstić information content (AvgIpc) is 2.11. The molecule has 0 aliphatic carbocycles. The standard InChI is InChI=1S/C10H20O2/c1-5-8(4)10(12-7-3)9(11)6-2/h8,10H,5-7H2,1-4H3. The Morgan fingerprint density at radius 1 is 1.33 bits per heavy atom. The van der Waals surface area contributed by atoms with Gasteiger partial charge in [0.25, 0.3) is 0 Å². The van der Waals surface area contributed by atoms with Gasteiger partial charge in [0.15, 0.2) is 5.78 Å². The molecule has 0 amide bonds. The lowest BCUT2D eigenvalue weighted by Gasteiger charge is -2.20. The molecule has 0 spiro atoms. The first kappa shape index (κ1) is 11.6. The second-order valence-corrected chi connectivity index (χ2v) is 3.08. The van der Waals surface area contributed by atoms with Crippen LogP contribution in [0.5, 0.6) is 0 Å². The van der Waals surface area contributed by atoms with E-state index in [0.717, 1.165) is 6.42 Å². The minimum Gasteiger partial charge on any atom is -0.370 e. The summed E-state index contributed by atoms with van der Waals surface area (Å²) in [5.41, 5.74) is 0. The molecule has 12 heavy (non-hydrogen) atoms. The van der Waals surface area contributed by atoms with E-state index >= 15 is 0 Å². The lowest BCUT2D eigenvalue weighted by atomic mass is 9.97. The molecule has 0 heterocycles. The number of hydrogen-bond donors (Lipinski definition) is 0. The number of rotatable bonds is 6. The van der Waals surface area contributed by atoms with Gasteiger partial charge in [0.2, 0.25) is 0 Å². The third-order valence-electron chi connectivity index (χ3n) is 2.17. The summed E-state index contributed by atoms with van der Waals surface area (Å²) in [5.74, 6) is 0.573. The number of carbonyl (C=O) groups excluding carboxylic acids is 1. The van der Waals surface area contributed by atoms with Crippen LogP contribution in [0, 0.1) is 5.92 Å². The molecule has 0 aromatic carbocycles. The van der Waals surface area contributed by atoms with Crippen LogP contribution in [0.15, 0.2) is 0 Å². The van der Waals surface area contributed by atoms with Crippen LogP contribution in [0.4, 0.5) is 0 Å². The Morgan fingerprint density at radius 3 is 2.25 bits per heavy atom. The SMILES string of the molecule is CCOC(C(=O)CC)C(C)CC. The van der Waals surface area contributed by atoms with E-state index in [1.54, 1.807) is 0 Å². The summed E-state index contributed by atoms with van der Waals surface area (Å²) in [7, 11) is 0. The van der Waals surface area contributed by atoms with Gasteiger partial charge >= 0.3 is 0 Å². The molecule has 0 bridgehead atoms. The third-order valence-corrected chi connectivity index (χ3v) is 2.17. The first-order valence-corrected chi connectivity index (χ1v) is 4.81. The first-order chi connectivity index (χ1) is 5.67. The largest absolute Gasteiger partial charge is 0.370 e. The maximum absolute atomic E-state index is 11.4. The first-order valence-electron chi connectivity index (χ1n) is 4.81. The minimum absolute atomic E-state index is 0.176. The zero-order valence-electron chi connectivity index (χ0n) is 8.59. The normalized spacial score (nSPS) is 15.7. The zero-order valence-corrected chi connectivity index (χ0v) is 8.59. The van der Waals surface area contributed by atoms with Crippen molar-refractivity contribution < 1.29 is 9.53 Å². The van der Waals surface area contributed by atoms with Crippen molar-refractivity contribution in [3.8, 4) is 0 Å². The van der Waals surface area contributed by atoms with Gasteiger partial charge < -0.3 is 4.74 Å². The van der Waals surface area contributed by atoms with Crippen LogP contribution >= 0.6 is 0 Å². The summed E-state index contributed by atoms with van der Waals surface area (Å²) in [6.45, 7) is 8.59. The Hall–Kier alpha value is -0.370. The van der Waals surface area contributed by atoms with E-state index in [9.17, 15) is 4.79 Å². The highest BCUT2D eigenvalue weighted by atomic mass is 16.5. The zero-order chi connectivity index (χ0) is 9.56. The van der Waals surface area contributed by atoms with Crippen LogP contribution in [-0.4, -0.2) is 18.5 Å². The van der Waals surface area contributed by atoms with Gasteiger partial charge in [-0.1, -0.05) is 27.2 Å². The number of Topliss-reactive ketones (excluding diaryl/α,β-unsaturated/α-hetero) is 1. The minimum atomic E-state index is -0.176. The Kier molecular flexibility index (Phi) is 5.99. The summed E-state index contributed by atoms with van der Waals surface area (Å²) in [5, 5.41) is 0. The second-order valence-electron chi connectivity index (χ2n) is 3.08. The predicted octanol–water partition coefficient (Wildman–Crippen LogP) is 2.42. The Balaban J connectivity index is 4.11. The van der Waals surface area contributed by atoms with Gasteiger partial charge in [0.1, 0.15) is 6.10 Å². The number of carbonyl (C=O) groups is 1. The van der Waals surface area contributed by atoms with E-state index < -0.39 is 0 Å².